The van der Waals surface area contributed by atoms with Crippen molar-refractivity contribution in [3.05, 3.63) is 70.9 Å². The molecule has 1 fully saturated rings. The molecule has 4 heterocycles. The van der Waals surface area contributed by atoms with E-state index in [9.17, 15) is 4.79 Å². The van der Waals surface area contributed by atoms with E-state index in [0.717, 1.165) is 60.2 Å². The first-order chi connectivity index (χ1) is 16.5. The Morgan fingerprint density at radius 1 is 1.21 bits per heavy atom. The van der Waals surface area contributed by atoms with E-state index in [0.29, 0.717) is 12.6 Å². The summed E-state index contributed by atoms with van der Waals surface area (Å²) in [5, 5.41) is 7.79. The first-order valence-corrected chi connectivity index (χ1v) is 13.0. The zero-order chi connectivity index (χ0) is 23.5. The Morgan fingerprint density at radius 2 is 2.06 bits per heavy atom. The number of carbonyl (C=O) groups is 1. The van der Waals surface area contributed by atoms with Crippen molar-refractivity contribution < 1.29 is 4.79 Å². The number of nitrogens with one attached hydrogen (secondary N) is 2. The second kappa shape index (κ2) is 9.94. The Labute approximate surface area is 205 Å². The lowest BCUT2D eigenvalue weighted by Crippen LogP contribution is -2.64. The van der Waals surface area contributed by atoms with Crippen LogP contribution in [0.5, 0.6) is 0 Å². The van der Waals surface area contributed by atoms with Crippen LogP contribution in [0.1, 0.15) is 37.9 Å². The SMILES string of the molecule is CC1CNCC(C)(Cc2ccccc2)N1CCCCNC(=O)C1=Cc2cnc3cccc(n23)S1. The number of thioether (sulfide) groups is 1. The Bertz CT molecular complexity index is 1190. The number of nitrogens with zero attached hydrogens (tertiary/aromatic N) is 3. The molecule has 2 N–H and O–H groups in total. The van der Waals surface area contributed by atoms with Gasteiger partial charge in [-0.25, -0.2) is 4.98 Å². The van der Waals surface area contributed by atoms with E-state index in [1.54, 1.807) is 0 Å². The summed E-state index contributed by atoms with van der Waals surface area (Å²) in [6.07, 6.45) is 6.83. The van der Waals surface area contributed by atoms with Gasteiger partial charge < -0.3 is 10.6 Å². The number of piperazine rings is 1. The Hall–Kier alpha value is -2.61. The average molecular weight is 476 g/mol. The Kier molecular flexibility index (Phi) is 6.77. The van der Waals surface area contributed by atoms with Crippen molar-refractivity contribution in [2.45, 2.75) is 49.7 Å². The fourth-order valence-corrected chi connectivity index (χ4v) is 6.29. The number of aromatic nitrogens is 2. The van der Waals surface area contributed by atoms with Crippen LogP contribution in [0.3, 0.4) is 0 Å². The van der Waals surface area contributed by atoms with Crippen molar-refractivity contribution in [1.82, 2.24) is 24.9 Å². The minimum atomic E-state index is -0.00101. The number of rotatable bonds is 8. The summed E-state index contributed by atoms with van der Waals surface area (Å²) in [5.74, 6) is -0.00101. The molecule has 2 aliphatic heterocycles. The number of benzene rings is 1. The smallest absolute Gasteiger partial charge is 0.258 e. The zero-order valence-electron chi connectivity index (χ0n) is 20.0. The average Bonchev–Trinajstić information content (AvgIpc) is 3.25. The molecule has 1 saturated heterocycles. The van der Waals surface area contributed by atoms with Crippen LogP contribution in [-0.4, -0.2) is 58.0 Å². The van der Waals surface area contributed by atoms with Crippen LogP contribution < -0.4 is 10.6 Å². The van der Waals surface area contributed by atoms with Crippen LogP contribution in [0, 0.1) is 0 Å². The molecular formula is C27H33N5OS. The monoisotopic (exact) mass is 475 g/mol. The Balaban J connectivity index is 1.13. The van der Waals surface area contributed by atoms with Gasteiger partial charge in [-0.05, 0) is 63.4 Å². The number of amides is 1. The van der Waals surface area contributed by atoms with E-state index in [4.69, 9.17) is 0 Å². The van der Waals surface area contributed by atoms with Crippen LogP contribution in [0.25, 0.3) is 11.7 Å². The molecule has 3 aromatic rings. The predicted octanol–water partition coefficient (Wildman–Crippen LogP) is 3.97. The summed E-state index contributed by atoms with van der Waals surface area (Å²) in [5.41, 5.74) is 3.35. The number of imidazole rings is 1. The molecule has 7 heteroatoms. The third kappa shape index (κ3) is 4.78. The van der Waals surface area contributed by atoms with Gasteiger partial charge in [0.2, 0.25) is 0 Å². The highest BCUT2D eigenvalue weighted by molar-refractivity contribution is 8.04. The summed E-state index contributed by atoms with van der Waals surface area (Å²) in [6, 6.07) is 17.3. The van der Waals surface area contributed by atoms with Gasteiger partial charge in [0.1, 0.15) is 5.65 Å². The van der Waals surface area contributed by atoms with Crippen molar-refractivity contribution in [3.8, 4) is 0 Å². The molecule has 0 spiro atoms. The largest absolute Gasteiger partial charge is 0.352 e. The van der Waals surface area contributed by atoms with Crippen LogP contribution in [-0.2, 0) is 11.2 Å². The molecule has 1 aromatic carbocycles. The highest BCUT2D eigenvalue weighted by atomic mass is 32.2. The highest BCUT2D eigenvalue weighted by Gasteiger charge is 2.37. The summed E-state index contributed by atoms with van der Waals surface area (Å²) in [7, 11) is 0. The van der Waals surface area contributed by atoms with Gasteiger partial charge in [0, 0.05) is 31.2 Å². The van der Waals surface area contributed by atoms with Crippen molar-refractivity contribution in [1.29, 1.82) is 0 Å². The molecule has 2 aliphatic rings. The molecule has 2 atom stereocenters. The topological polar surface area (TPSA) is 61.7 Å². The lowest BCUT2D eigenvalue weighted by molar-refractivity contribution is -0.116. The molecule has 2 aromatic heterocycles. The third-order valence-electron chi connectivity index (χ3n) is 6.95. The molecule has 2 unspecified atom stereocenters. The maximum Gasteiger partial charge on any atom is 0.258 e. The van der Waals surface area contributed by atoms with Gasteiger partial charge in [0.25, 0.3) is 5.91 Å². The molecule has 0 radical (unpaired) electrons. The van der Waals surface area contributed by atoms with Gasteiger partial charge in [-0.15, -0.1) is 0 Å². The third-order valence-corrected chi connectivity index (χ3v) is 8.00. The zero-order valence-corrected chi connectivity index (χ0v) is 20.8. The van der Waals surface area contributed by atoms with Gasteiger partial charge in [0.15, 0.2) is 0 Å². The van der Waals surface area contributed by atoms with Gasteiger partial charge in [0.05, 0.1) is 21.8 Å². The molecular weight excluding hydrogens is 442 g/mol. The first kappa shape index (κ1) is 23.1. The lowest BCUT2D eigenvalue weighted by atomic mass is 9.87. The second-order valence-electron chi connectivity index (χ2n) is 9.65. The van der Waals surface area contributed by atoms with Crippen LogP contribution in [0.4, 0.5) is 0 Å². The normalized spacial score (nSPS) is 22.5. The lowest BCUT2D eigenvalue weighted by Gasteiger charge is -2.49. The van der Waals surface area contributed by atoms with Crippen molar-refractivity contribution in [2.75, 3.05) is 26.2 Å². The number of hydrogen-bond donors (Lipinski definition) is 2. The molecule has 0 saturated carbocycles. The van der Waals surface area contributed by atoms with Crippen molar-refractivity contribution >= 4 is 29.4 Å². The summed E-state index contributed by atoms with van der Waals surface area (Å²) in [4.78, 5) is 20.6. The molecule has 0 aliphatic carbocycles. The van der Waals surface area contributed by atoms with E-state index in [1.165, 1.54) is 17.3 Å². The van der Waals surface area contributed by atoms with Gasteiger partial charge in [-0.3, -0.25) is 14.1 Å². The first-order valence-electron chi connectivity index (χ1n) is 12.2. The number of unbranched alkanes of at least 4 members (excludes halogenated alkanes) is 1. The van der Waals surface area contributed by atoms with E-state index < -0.39 is 0 Å². The predicted molar refractivity (Wildman–Crippen MR) is 139 cm³/mol. The molecule has 5 rings (SSSR count). The number of hydrogen-bond acceptors (Lipinski definition) is 5. The van der Waals surface area contributed by atoms with E-state index in [-0.39, 0.29) is 11.4 Å². The van der Waals surface area contributed by atoms with Gasteiger partial charge in [-0.1, -0.05) is 48.2 Å². The van der Waals surface area contributed by atoms with E-state index in [2.05, 4.69) is 69.1 Å². The van der Waals surface area contributed by atoms with E-state index >= 15 is 0 Å². The van der Waals surface area contributed by atoms with Crippen LogP contribution in [0.2, 0.25) is 0 Å². The molecule has 178 valence electrons. The second-order valence-corrected chi connectivity index (χ2v) is 10.7. The van der Waals surface area contributed by atoms with Crippen molar-refractivity contribution in [2.24, 2.45) is 0 Å². The van der Waals surface area contributed by atoms with E-state index in [1.807, 2.05) is 30.5 Å². The molecule has 0 bridgehead atoms. The van der Waals surface area contributed by atoms with Crippen LogP contribution >= 0.6 is 11.8 Å². The van der Waals surface area contributed by atoms with Gasteiger partial charge >= 0.3 is 0 Å². The minimum absolute atomic E-state index is 0.00101. The van der Waals surface area contributed by atoms with Crippen molar-refractivity contribution in [3.63, 3.8) is 0 Å². The maximum absolute atomic E-state index is 12.8. The van der Waals surface area contributed by atoms with Gasteiger partial charge in [-0.2, -0.15) is 0 Å². The van der Waals surface area contributed by atoms with Crippen LogP contribution in [0.15, 0.2) is 64.7 Å². The number of carbonyl (C=O) groups excluding carboxylic acids is 1. The summed E-state index contributed by atoms with van der Waals surface area (Å²) >= 11 is 1.51. The molecule has 6 nitrogen and oxygen atoms in total. The maximum atomic E-state index is 12.8. The highest BCUT2D eigenvalue weighted by Crippen LogP contribution is 2.34. The standard InChI is InChI=1S/C27H33N5OS/c1-20-17-28-19-27(2,16-21-9-4-3-5-10-21)31(20)14-7-6-13-29-26(33)23-15-22-18-30-24-11-8-12-25(34-23)32(22)24/h3-5,8-12,15,18,20,28H,6-7,13-14,16-17,19H2,1-2H3,(H,29,33). The fourth-order valence-electron chi connectivity index (χ4n) is 5.28. The minimum Gasteiger partial charge on any atom is -0.352 e. The summed E-state index contributed by atoms with van der Waals surface area (Å²) in [6.45, 7) is 8.45. The fraction of sp³-hybridized carbons (Fsp3) is 0.407. The Morgan fingerprint density at radius 3 is 2.91 bits per heavy atom. The molecule has 1 amide bonds. The summed E-state index contributed by atoms with van der Waals surface area (Å²) < 4.78 is 2.09. The quantitative estimate of drug-likeness (QED) is 0.483. The number of pyridine rings is 1. The molecule has 34 heavy (non-hydrogen) atoms.